The van der Waals surface area contributed by atoms with Crippen LogP contribution in [0.2, 0.25) is 0 Å². The average molecular weight is 417 g/mol. The van der Waals surface area contributed by atoms with Crippen molar-refractivity contribution < 1.29 is 18.0 Å². The number of benzene rings is 1. The number of sulfone groups is 1. The molecule has 29 heavy (non-hydrogen) atoms. The van der Waals surface area contributed by atoms with Gasteiger partial charge in [-0.15, -0.1) is 0 Å². The van der Waals surface area contributed by atoms with Gasteiger partial charge in [-0.1, -0.05) is 5.16 Å². The fourth-order valence-corrected chi connectivity index (χ4v) is 4.68. The molecular formula is C20H23N3O5S. The minimum absolute atomic E-state index is 0.00925. The third-order valence-electron chi connectivity index (χ3n) is 5.38. The minimum atomic E-state index is -3.55. The van der Waals surface area contributed by atoms with Crippen LogP contribution in [0.5, 0.6) is 0 Å². The molecule has 0 spiro atoms. The smallest absolute Gasteiger partial charge is 0.278 e. The quantitative estimate of drug-likeness (QED) is 0.765. The van der Waals surface area contributed by atoms with Crippen LogP contribution in [0.4, 0.5) is 0 Å². The van der Waals surface area contributed by atoms with Crippen LogP contribution in [0.1, 0.15) is 54.2 Å². The maximum absolute atomic E-state index is 13.2. The fourth-order valence-electron chi connectivity index (χ4n) is 3.74. The van der Waals surface area contributed by atoms with Crippen molar-refractivity contribution in [3.63, 3.8) is 0 Å². The van der Waals surface area contributed by atoms with E-state index >= 15 is 0 Å². The van der Waals surface area contributed by atoms with Gasteiger partial charge in [0.25, 0.3) is 5.56 Å². The van der Waals surface area contributed by atoms with Gasteiger partial charge in [0.15, 0.2) is 15.6 Å². The number of rotatable bonds is 4. The number of hydrogen-bond donors (Lipinski definition) is 1. The number of carbonyl (C=O) groups excluding carboxylic acids is 1. The topological polar surface area (TPSA) is 111 Å². The second kappa shape index (κ2) is 6.16. The van der Waals surface area contributed by atoms with Gasteiger partial charge in [-0.25, -0.2) is 13.1 Å². The molecule has 2 unspecified atom stereocenters. The van der Waals surface area contributed by atoms with E-state index in [0.717, 1.165) is 12.7 Å². The summed E-state index contributed by atoms with van der Waals surface area (Å²) in [6, 6.07) is 2.88. The third-order valence-corrected chi connectivity index (χ3v) is 6.52. The molecule has 2 heterocycles. The molecule has 2 atom stereocenters. The lowest BCUT2D eigenvalue weighted by Crippen LogP contribution is -2.34. The van der Waals surface area contributed by atoms with Crippen molar-refractivity contribution >= 4 is 21.3 Å². The van der Waals surface area contributed by atoms with Crippen molar-refractivity contribution in [3.8, 4) is 0 Å². The van der Waals surface area contributed by atoms with Crippen molar-refractivity contribution in [2.45, 2.75) is 50.7 Å². The van der Waals surface area contributed by atoms with E-state index < -0.39 is 26.7 Å². The summed E-state index contributed by atoms with van der Waals surface area (Å²) in [6.45, 7) is 7.25. The maximum atomic E-state index is 13.2. The van der Waals surface area contributed by atoms with Crippen molar-refractivity contribution in [2.75, 3.05) is 6.26 Å². The van der Waals surface area contributed by atoms with Crippen LogP contribution in [-0.2, 0) is 20.2 Å². The number of aromatic amines is 1. The van der Waals surface area contributed by atoms with Gasteiger partial charge in [0.05, 0.1) is 16.1 Å². The predicted octanol–water partition coefficient (Wildman–Crippen LogP) is 2.00. The van der Waals surface area contributed by atoms with E-state index in [1.165, 1.54) is 23.0 Å². The molecule has 1 aliphatic heterocycles. The van der Waals surface area contributed by atoms with Crippen LogP contribution in [0, 0.1) is 12.8 Å². The molecule has 154 valence electrons. The number of nitrogens with one attached hydrogen (secondary N) is 1. The van der Waals surface area contributed by atoms with E-state index in [1.807, 2.05) is 20.8 Å². The molecule has 1 N–H and O–H groups in total. The van der Waals surface area contributed by atoms with Gasteiger partial charge in [-0.3, -0.25) is 9.59 Å². The molecule has 0 amide bonds. The Bertz CT molecular complexity index is 1230. The van der Waals surface area contributed by atoms with Crippen molar-refractivity contribution in [1.82, 2.24) is 9.78 Å². The highest BCUT2D eigenvalue weighted by Crippen LogP contribution is 2.44. The number of nitrogens with zero attached hydrogens (tertiary/aromatic N) is 2. The largest absolute Gasteiger partial charge is 0.392 e. The summed E-state index contributed by atoms with van der Waals surface area (Å²) in [5.41, 5.74) is 0.813. The highest BCUT2D eigenvalue weighted by Gasteiger charge is 2.50. The van der Waals surface area contributed by atoms with Crippen LogP contribution in [-0.4, -0.2) is 42.1 Å². The van der Waals surface area contributed by atoms with Crippen LogP contribution in [0.25, 0.3) is 0 Å². The van der Waals surface area contributed by atoms with Gasteiger partial charge in [0.1, 0.15) is 11.7 Å². The summed E-state index contributed by atoms with van der Waals surface area (Å²) in [7, 11) is -3.55. The first-order valence-electron chi connectivity index (χ1n) is 9.34. The zero-order chi connectivity index (χ0) is 21.3. The maximum Gasteiger partial charge on any atom is 0.278 e. The molecule has 0 bridgehead atoms. The summed E-state index contributed by atoms with van der Waals surface area (Å²) < 4.78 is 26.1. The Morgan fingerprint density at radius 2 is 1.97 bits per heavy atom. The highest BCUT2D eigenvalue weighted by atomic mass is 32.2. The first-order valence-corrected chi connectivity index (χ1v) is 11.2. The molecule has 1 aliphatic carbocycles. The molecule has 1 fully saturated rings. The zero-order valence-electron chi connectivity index (χ0n) is 16.9. The number of H-pyrrole nitrogens is 1. The van der Waals surface area contributed by atoms with E-state index in [9.17, 15) is 18.0 Å². The van der Waals surface area contributed by atoms with Crippen molar-refractivity contribution in [1.29, 1.82) is 0 Å². The van der Waals surface area contributed by atoms with Gasteiger partial charge in [0.2, 0.25) is 0 Å². The average Bonchev–Trinajstić information content (AvgIpc) is 3.08. The van der Waals surface area contributed by atoms with Crippen LogP contribution in [0.15, 0.2) is 33.2 Å². The summed E-state index contributed by atoms with van der Waals surface area (Å²) >= 11 is 0. The standard InChI is InChI=1S/C20H23N3O5S/c1-10-11(18(24)13-9-21-23(19(13)25)20(2,3)4)6-7-15(29(5,26)27)16(10)17-12-8-14(12)28-22-17/h6-7,9,12,14,21H,8H2,1-5H3. The molecule has 8 nitrogen and oxygen atoms in total. The lowest BCUT2D eigenvalue weighted by Gasteiger charge is -2.18. The highest BCUT2D eigenvalue weighted by molar-refractivity contribution is 7.90. The van der Waals surface area contributed by atoms with Gasteiger partial charge in [-0.2, -0.15) is 0 Å². The lowest BCUT2D eigenvalue weighted by molar-refractivity contribution is 0.103. The summed E-state index contributed by atoms with van der Waals surface area (Å²) in [5.74, 6) is -0.412. The normalized spacial score (nSPS) is 20.8. The Labute approximate surface area is 168 Å². The number of oxime groups is 1. The molecule has 2 aliphatic rings. The molecule has 4 rings (SSSR count). The summed E-state index contributed by atoms with van der Waals surface area (Å²) in [6.07, 6.45) is 3.29. The zero-order valence-corrected chi connectivity index (χ0v) is 17.8. The molecule has 1 aromatic carbocycles. The first kappa shape index (κ1) is 19.6. The van der Waals surface area contributed by atoms with Crippen LogP contribution in [0.3, 0.4) is 0 Å². The number of aromatic nitrogens is 2. The van der Waals surface area contributed by atoms with E-state index in [2.05, 4.69) is 10.3 Å². The third kappa shape index (κ3) is 3.13. The molecule has 0 radical (unpaired) electrons. The molecular weight excluding hydrogens is 394 g/mol. The molecule has 9 heteroatoms. The van der Waals surface area contributed by atoms with Gasteiger partial charge >= 0.3 is 0 Å². The number of carbonyl (C=O) groups is 1. The second-order valence-electron chi connectivity index (χ2n) is 8.67. The Kier molecular flexibility index (Phi) is 4.17. The Balaban J connectivity index is 1.87. The van der Waals surface area contributed by atoms with Gasteiger partial charge < -0.3 is 9.94 Å². The monoisotopic (exact) mass is 417 g/mol. The molecule has 1 aromatic heterocycles. The second-order valence-corrected chi connectivity index (χ2v) is 10.7. The summed E-state index contributed by atoms with van der Waals surface area (Å²) in [5, 5.41) is 6.91. The van der Waals surface area contributed by atoms with E-state index in [0.29, 0.717) is 16.8 Å². The van der Waals surface area contributed by atoms with E-state index in [-0.39, 0.29) is 28.0 Å². The van der Waals surface area contributed by atoms with E-state index in [1.54, 1.807) is 6.92 Å². The fraction of sp³-hybridized carbons (Fsp3) is 0.450. The van der Waals surface area contributed by atoms with E-state index in [4.69, 9.17) is 4.84 Å². The number of fused-ring (bicyclic) bond motifs is 1. The molecule has 2 aromatic rings. The number of hydrogen-bond acceptors (Lipinski definition) is 6. The SMILES string of the molecule is Cc1c(C(=O)c2c[nH]n(C(C)(C)C)c2=O)ccc(S(C)(=O)=O)c1C1=NOC2CC12. The number of ketones is 1. The Morgan fingerprint density at radius 1 is 1.28 bits per heavy atom. The Morgan fingerprint density at radius 3 is 2.45 bits per heavy atom. The Hall–Kier alpha value is -2.68. The molecule has 1 saturated carbocycles. The van der Waals surface area contributed by atoms with Gasteiger partial charge in [0, 0.05) is 29.5 Å². The van der Waals surface area contributed by atoms with Crippen molar-refractivity contribution in [2.24, 2.45) is 11.1 Å². The van der Waals surface area contributed by atoms with Crippen LogP contribution >= 0.6 is 0 Å². The lowest BCUT2D eigenvalue weighted by atomic mass is 9.93. The summed E-state index contributed by atoms with van der Waals surface area (Å²) in [4.78, 5) is 31.4. The predicted molar refractivity (Wildman–Crippen MR) is 107 cm³/mol. The van der Waals surface area contributed by atoms with Crippen molar-refractivity contribution in [3.05, 3.63) is 50.9 Å². The first-order chi connectivity index (χ1) is 13.4. The van der Waals surface area contributed by atoms with Crippen LogP contribution < -0.4 is 5.56 Å². The molecule has 0 saturated heterocycles. The van der Waals surface area contributed by atoms with Gasteiger partial charge in [-0.05, 0) is 51.8 Å². The minimum Gasteiger partial charge on any atom is -0.392 e.